The van der Waals surface area contributed by atoms with Crippen LogP contribution in [0.4, 0.5) is 5.69 Å². The first-order valence-electron chi connectivity index (χ1n) is 13.0. The summed E-state index contributed by atoms with van der Waals surface area (Å²) < 4.78 is 29.1. The van der Waals surface area contributed by atoms with Crippen LogP contribution in [0.15, 0.2) is 95.9 Å². The molecule has 40 heavy (non-hydrogen) atoms. The van der Waals surface area contributed by atoms with Gasteiger partial charge in [-0.15, -0.1) is 0 Å². The Balaban J connectivity index is 1.62. The molecule has 0 aliphatic carbocycles. The lowest BCUT2D eigenvalue weighted by Gasteiger charge is -2.20. The Labute approximate surface area is 233 Å². The average molecular weight is 558 g/mol. The van der Waals surface area contributed by atoms with E-state index in [1.54, 1.807) is 42.5 Å². The number of nitrogens with one attached hydrogen (secondary N) is 2. The summed E-state index contributed by atoms with van der Waals surface area (Å²) in [6, 6.07) is 25.1. The van der Waals surface area contributed by atoms with E-state index in [0.717, 1.165) is 17.2 Å². The normalized spacial score (nSPS) is 12.0. The lowest BCUT2D eigenvalue weighted by atomic mass is 9.86. The number of hydrogen-bond donors (Lipinski definition) is 3. The number of anilines is 1. The SMILES string of the molecule is CCCCC(C(=O)CNC(=O)c1ccccc1)c1cc(NS(=O)(=O)c2ccc3ccccc3c2)ccc1C(N)=O. The summed E-state index contributed by atoms with van der Waals surface area (Å²) in [7, 11) is -3.98. The highest BCUT2D eigenvalue weighted by Gasteiger charge is 2.26. The van der Waals surface area contributed by atoms with Crippen LogP contribution in [0.3, 0.4) is 0 Å². The van der Waals surface area contributed by atoms with Crippen LogP contribution in [0.5, 0.6) is 0 Å². The van der Waals surface area contributed by atoms with Gasteiger partial charge in [0, 0.05) is 22.7 Å². The molecule has 0 bridgehead atoms. The summed E-state index contributed by atoms with van der Waals surface area (Å²) in [4.78, 5) is 38.3. The predicted molar refractivity (Wildman–Crippen MR) is 156 cm³/mol. The van der Waals surface area contributed by atoms with E-state index in [2.05, 4.69) is 10.0 Å². The Bertz CT molecular complexity index is 1650. The van der Waals surface area contributed by atoms with Gasteiger partial charge in [0.25, 0.3) is 15.9 Å². The minimum absolute atomic E-state index is 0.0777. The fourth-order valence-electron chi connectivity index (χ4n) is 4.57. The van der Waals surface area contributed by atoms with Crippen molar-refractivity contribution in [2.45, 2.75) is 37.0 Å². The molecule has 4 aromatic carbocycles. The van der Waals surface area contributed by atoms with E-state index in [1.807, 2.05) is 31.2 Å². The highest BCUT2D eigenvalue weighted by Crippen LogP contribution is 2.30. The van der Waals surface area contributed by atoms with Gasteiger partial charge in [0.2, 0.25) is 5.91 Å². The van der Waals surface area contributed by atoms with E-state index >= 15 is 0 Å². The Morgan fingerprint density at radius 3 is 2.25 bits per heavy atom. The zero-order valence-corrected chi connectivity index (χ0v) is 22.9. The topological polar surface area (TPSA) is 135 Å². The summed E-state index contributed by atoms with van der Waals surface area (Å²) >= 11 is 0. The van der Waals surface area contributed by atoms with Gasteiger partial charge in [-0.3, -0.25) is 19.1 Å². The van der Waals surface area contributed by atoms with Crippen molar-refractivity contribution >= 4 is 44.1 Å². The van der Waals surface area contributed by atoms with Crippen LogP contribution >= 0.6 is 0 Å². The monoisotopic (exact) mass is 557 g/mol. The molecule has 1 unspecified atom stereocenters. The second-order valence-electron chi connectivity index (χ2n) is 9.49. The van der Waals surface area contributed by atoms with E-state index in [4.69, 9.17) is 5.73 Å². The number of sulfonamides is 1. The Kier molecular flexibility index (Phi) is 8.96. The van der Waals surface area contributed by atoms with Crippen LogP contribution in [0.1, 0.15) is 58.4 Å². The predicted octanol–water partition coefficient (Wildman–Crippen LogP) is 5.01. The number of fused-ring (bicyclic) bond motifs is 1. The van der Waals surface area contributed by atoms with Crippen LogP contribution in [0.25, 0.3) is 10.8 Å². The molecular formula is C31H31N3O5S. The molecule has 0 saturated heterocycles. The third-order valence-corrected chi connectivity index (χ3v) is 8.05. The summed E-state index contributed by atoms with van der Waals surface area (Å²) in [5.41, 5.74) is 6.69. The number of amides is 2. The van der Waals surface area contributed by atoms with Crippen molar-refractivity contribution in [2.24, 2.45) is 5.73 Å². The first-order chi connectivity index (χ1) is 19.2. The summed E-state index contributed by atoms with van der Waals surface area (Å²) in [6.45, 7) is 1.72. The molecule has 0 aliphatic rings. The summed E-state index contributed by atoms with van der Waals surface area (Å²) in [5.74, 6) is -2.21. The van der Waals surface area contributed by atoms with Crippen molar-refractivity contribution in [3.8, 4) is 0 Å². The zero-order valence-electron chi connectivity index (χ0n) is 22.1. The van der Waals surface area contributed by atoms with Gasteiger partial charge in [0.05, 0.1) is 11.4 Å². The smallest absolute Gasteiger partial charge is 0.261 e. The Morgan fingerprint density at radius 2 is 1.55 bits per heavy atom. The van der Waals surface area contributed by atoms with Crippen molar-refractivity contribution in [3.63, 3.8) is 0 Å². The van der Waals surface area contributed by atoms with Gasteiger partial charge in [-0.05, 0) is 65.2 Å². The number of carbonyl (C=O) groups excluding carboxylic acids is 3. The van der Waals surface area contributed by atoms with Crippen LogP contribution in [0.2, 0.25) is 0 Å². The number of ketones is 1. The standard InChI is InChI=1S/C31H31N3O5S/c1-2-3-13-26(29(35)20-33-31(37)22-10-5-4-6-11-22)28-19-24(15-17-27(28)30(32)36)34-40(38,39)25-16-14-21-9-7-8-12-23(21)18-25/h4-12,14-19,26,34H,2-3,13,20H2,1H3,(H2,32,36)(H,33,37). The molecule has 0 radical (unpaired) electrons. The maximum Gasteiger partial charge on any atom is 0.261 e. The van der Waals surface area contributed by atoms with Gasteiger partial charge in [-0.25, -0.2) is 8.42 Å². The first kappa shape index (κ1) is 28.5. The molecule has 8 nitrogen and oxygen atoms in total. The number of rotatable bonds is 12. The first-order valence-corrected chi connectivity index (χ1v) is 14.5. The molecular weight excluding hydrogens is 526 g/mol. The average Bonchev–Trinajstić information content (AvgIpc) is 2.96. The zero-order chi connectivity index (χ0) is 28.7. The molecule has 1 atom stereocenters. The number of nitrogens with two attached hydrogens (primary N) is 1. The van der Waals surface area contributed by atoms with Crippen LogP contribution in [0, 0.1) is 0 Å². The van der Waals surface area contributed by atoms with Crippen molar-refractivity contribution in [3.05, 3.63) is 108 Å². The van der Waals surface area contributed by atoms with Crippen LogP contribution in [-0.4, -0.2) is 32.6 Å². The van der Waals surface area contributed by atoms with E-state index < -0.39 is 27.8 Å². The maximum absolute atomic E-state index is 13.4. The Morgan fingerprint density at radius 1 is 0.850 bits per heavy atom. The van der Waals surface area contributed by atoms with E-state index in [0.29, 0.717) is 24.0 Å². The molecule has 0 spiro atoms. The maximum atomic E-state index is 13.4. The highest BCUT2D eigenvalue weighted by atomic mass is 32.2. The lowest BCUT2D eigenvalue weighted by molar-refractivity contribution is -0.119. The van der Waals surface area contributed by atoms with Gasteiger partial charge >= 0.3 is 0 Å². The summed E-state index contributed by atoms with van der Waals surface area (Å²) in [5, 5.41) is 4.33. The number of Topliss-reactive ketones (excluding diaryl/α,β-unsaturated/α-hetero) is 1. The molecule has 0 heterocycles. The van der Waals surface area contributed by atoms with Gasteiger partial charge < -0.3 is 11.1 Å². The van der Waals surface area contributed by atoms with Gasteiger partial charge in [0.15, 0.2) is 5.78 Å². The van der Waals surface area contributed by atoms with Gasteiger partial charge in [-0.2, -0.15) is 0 Å². The fourth-order valence-corrected chi connectivity index (χ4v) is 5.65. The molecule has 0 aliphatic heterocycles. The minimum atomic E-state index is -3.98. The summed E-state index contributed by atoms with van der Waals surface area (Å²) in [6.07, 6.45) is 1.87. The second-order valence-corrected chi connectivity index (χ2v) is 11.2. The quantitative estimate of drug-likeness (QED) is 0.225. The fraction of sp³-hybridized carbons (Fsp3) is 0.194. The number of hydrogen-bond acceptors (Lipinski definition) is 5. The number of benzene rings is 4. The Hall–Kier alpha value is -4.50. The third kappa shape index (κ3) is 6.73. The van der Waals surface area contributed by atoms with Crippen molar-refractivity contribution in [2.75, 3.05) is 11.3 Å². The van der Waals surface area contributed by atoms with Gasteiger partial charge in [0.1, 0.15) is 0 Å². The molecule has 0 saturated carbocycles. The van der Waals surface area contributed by atoms with E-state index in [1.165, 1.54) is 24.3 Å². The largest absolute Gasteiger partial charge is 0.366 e. The van der Waals surface area contributed by atoms with Crippen molar-refractivity contribution in [1.29, 1.82) is 0 Å². The molecule has 2 amide bonds. The highest BCUT2D eigenvalue weighted by molar-refractivity contribution is 7.92. The van der Waals surface area contributed by atoms with Crippen LogP contribution < -0.4 is 15.8 Å². The minimum Gasteiger partial charge on any atom is -0.366 e. The number of unbranched alkanes of at least 4 members (excludes halogenated alkanes) is 1. The molecule has 4 N–H and O–H groups in total. The molecule has 0 aromatic heterocycles. The van der Waals surface area contributed by atoms with Crippen molar-refractivity contribution in [1.82, 2.24) is 5.32 Å². The van der Waals surface area contributed by atoms with E-state index in [9.17, 15) is 22.8 Å². The number of carbonyl (C=O) groups is 3. The van der Waals surface area contributed by atoms with Gasteiger partial charge in [-0.1, -0.05) is 68.3 Å². The van der Waals surface area contributed by atoms with E-state index in [-0.39, 0.29) is 28.5 Å². The molecule has 9 heteroatoms. The third-order valence-electron chi connectivity index (χ3n) is 6.67. The number of primary amides is 1. The lowest BCUT2D eigenvalue weighted by Crippen LogP contribution is -2.33. The molecule has 206 valence electrons. The van der Waals surface area contributed by atoms with Crippen LogP contribution in [-0.2, 0) is 14.8 Å². The molecule has 0 fully saturated rings. The molecule has 4 aromatic rings. The molecule has 4 rings (SSSR count). The second kappa shape index (κ2) is 12.6. The van der Waals surface area contributed by atoms with Crippen molar-refractivity contribution < 1.29 is 22.8 Å².